The van der Waals surface area contributed by atoms with E-state index in [1.54, 1.807) is 30.5 Å². The number of benzene rings is 2. The van der Waals surface area contributed by atoms with Gasteiger partial charge in [0.1, 0.15) is 5.75 Å². The molecular formula is C33H33FN6O3S. The molecule has 1 aliphatic rings. The minimum atomic E-state index is -3.21. The van der Waals surface area contributed by atoms with Gasteiger partial charge < -0.3 is 10.1 Å². The van der Waals surface area contributed by atoms with Crippen LogP contribution in [0.4, 0.5) is 10.3 Å². The smallest absolute Gasteiger partial charge is 0.232 e. The quantitative estimate of drug-likeness (QED) is 0.176. The molecule has 0 unspecified atom stereocenters. The molecule has 0 saturated carbocycles. The van der Waals surface area contributed by atoms with Crippen LogP contribution in [-0.4, -0.2) is 53.7 Å². The fourth-order valence-electron chi connectivity index (χ4n) is 5.24. The fraction of sp³-hybridized carbons (Fsp3) is 0.273. The number of allylic oxidation sites excluding steroid dienone is 1. The number of aryl methyl sites for hydroxylation is 2. The number of nitrogens with one attached hydrogen (secondary N) is 1. The number of hydrogen-bond acceptors (Lipinski definition) is 9. The Hall–Kier alpha value is -4.66. The molecule has 2 aromatic carbocycles. The van der Waals surface area contributed by atoms with Gasteiger partial charge in [-0.15, -0.1) is 0 Å². The molecule has 1 fully saturated rings. The van der Waals surface area contributed by atoms with Crippen LogP contribution in [0.1, 0.15) is 35.1 Å². The number of anilines is 1. The molecule has 0 bridgehead atoms. The topological polar surface area (TPSA) is 121 Å². The number of likely N-dealkylation sites (tertiary alicyclic amines) is 1. The summed E-state index contributed by atoms with van der Waals surface area (Å²) in [5.41, 5.74) is 4.90. The molecule has 0 aliphatic carbocycles. The maximum atomic E-state index is 13.6. The first-order valence-corrected chi connectivity index (χ1v) is 16.1. The van der Waals surface area contributed by atoms with Gasteiger partial charge in [0, 0.05) is 56.0 Å². The first kappa shape index (κ1) is 30.8. The molecule has 1 saturated heterocycles. The average molecular weight is 613 g/mol. The first-order chi connectivity index (χ1) is 21.1. The SMILES string of the molecule is Cc1cc(/C=C/C#N)cc(C)c1Oc1nc(NC2CCN(Cc3ccc(S(C)(=O)=O)cc3)CC2)ncc1-c1ccc(F)nc1. The second-order valence-electron chi connectivity index (χ2n) is 10.9. The fourth-order valence-corrected chi connectivity index (χ4v) is 5.87. The van der Waals surface area contributed by atoms with Gasteiger partial charge in [-0.2, -0.15) is 14.6 Å². The molecule has 1 N–H and O–H groups in total. The Morgan fingerprint density at radius 3 is 2.39 bits per heavy atom. The van der Waals surface area contributed by atoms with Crippen molar-refractivity contribution in [1.29, 1.82) is 5.26 Å². The van der Waals surface area contributed by atoms with E-state index in [-0.39, 0.29) is 6.04 Å². The van der Waals surface area contributed by atoms with Gasteiger partial charge in [0.15, 0.2) is 9.84 Å². The molecule has 0 radical (unpaired) electrons. The van der Waals surface area contributed by atoms with Gasteiger partial charge in [0.25, 0.3) is 0 Å². The Morgan fingerprint density at radius 1 is 1.07 bits per heavy atom. The second-order valence-corrected chi connectivity index (χ2v) is 13.0. The van der Waals surface area contributed by atoms with Crippen LogP contribution in [0.5, 0.6) is 11.6 Å². The van der Waals surface area contributed by atoms with E-state index in [4.69, 9.17) is 15.0 Å². The van der Waals surface area contributed by atoms with Crippen LogP contribution in [0.15, 0.2) is 71.9 Å². The third kappa shape index (κ3) is 7.64. The number of sulfone groups is 1. The van der Waals surface area contributed by atoms with Gasteiger partial charge in [0.05, 0.1) is 16.5 Å². The predicted molar refractivity (Wildman–Crippen MR) is 167 cm³/mol. The van der Waals surface area contributed by atoms with Crippen molar-refractivity contribution < 1.29 is 17.5 Å². The minimum Gasteiger partial charge on any atom is -0.438 e. The predicted octanol–water partition coefficient (Wildman–Crippen LogP) is 6.10. The van der Waals surface area contributed by atoms with Gasteiger partial charge >= 0.3 is 0 Å². The molecule has 3 heterocycles. The molecule has 11 heteroatoms. The highest BCUT2D eigenvalue weighted by Gasteiger charge is 2.22. The van der Waals surface area contributed by atoms with Crippen LogP contribution in [0, 0.1) is 31.1 Å². The number of nitriles is 1. The van der Waals surface area contributed by atoms with Crippen LogP contribution >= 0.6 is 0 Å². The molecule has 5 rings (SSSR count). The number of nitrogens with zero attached hydrogens (tertiary/aromatic N) is 5. The van der Waals surface area contributed by atoms with Crippen molar-refractivity contribution in [2.24, 2.45) is 0 Å². The zero-order valence-corrected chi connectivity index (χ0v) is 25.6. The van der Waals surface area contributed by atoms with Gasteiger partial charge in [-0.1, -0.05) is 12.1 Å². The maximum absolute atomic E-state index is 13.6. The summed E-state index contributed by atoms with van der Waals surface area (Å²) in [4.78, 5) is 15.8. The lowest BCUT2D eigenvalue weighted by Gasteiger charge is -2.32. The summed E-state index contributed by atoms with van der Waals surface area (Å²) < 4.78 is 43.5. The summed E-state index contributed by atoms with van der Waals surface area (Å²) in [6, 6.07) is 16.0. The highest BCUT2D eigenvalue weighted by molar-refractivity contribution is 7.90. The van der Waals surface area contributed by atoms with E-state index in [0.29, 0.717) is 33.6 Å². The van der Waals surface area contributed by atoms with Crippen molar-refractivity contribution in [3.05, 3.63) is 95.2 Å². The molecule has 226 valence electrons. The maximum Gasteiger partial charge on any atom is 0.232 e. The van der Waals surface area contributed by atoms with Crippen LogP contribution in [0.3, 0.4) is 0 Å². The lowest BCUT2D eigenvalue weighted by Crippen LogP contribution is -2.39. The molecule has 2 aromatic heterocycles. The number of pyridine rings is 1. The van der Waals surface area contributed by atoms with E-state index in [0.717, 1.165) is 54.7 Å². The average Bonchev–Trinajstić information content (AvgIpc) is 2.99. The van der Waals surface area contributed by atoms with E-state index < -0.39 is 15.8 Å². The number of hydrogen-bond donors (Lipinski definition) is 1. The third-order valence-electron chi connectivity index (χ3n) is 7.50. The first-order valence-electron chi connectivity index (χ1n) is 14.2. The van der Waals surface area contributed by atoms with Gasteiger partial charge in [-0.3, -0.25) is 4.90 Å². The van der Waals surface area contributed by atoms with Crippen LogP contribution in [0.25, 0.3) is 17.2 Å². The highest BCUT2D eigenvalue weighted by Crippen LogP contribution is 2.36. The Morgan fingerprint density at radius 2 is 1.77 bits per heavy atom. The molecule has 0 atom stereocenters. The molecule has 4 aromatic rings. The standard InChI is InChI=1S/C33H33FN6O3S/c1-22-17-25(5-4-14-35)18-23(2)31(22)43-32-29(26-8-11-30(34)36-19-26)20-37-33(39-32)38-27-12-15-40(16-13-27)21-24-6-9-28(10-7-24)44(3,41)42/h4-11,17-20,27H,12-13,15-16,21H2,1-3H3,(H,37,38,39)/b5-4+. The minimum absolute atomic E-state index is 0.153. The summed E-state index contributed by atoms with van der Waals surface area (Å²) in [5.74, 6) is 0.799. The van der Waals surface area contributed by atoms with Crippen LogP contribution < -0.4 is 10.1 Å². The molecular weight excluding hydrogens is 579 g/mol. The highest BCUT2D eigenvalue weighted by atomic mass is 32.2. The van der Waals surface area contributed by atoms with Gasteiger partial charge in [0.2, 0.25) is 17.8 Å². The van der Waals surface area contributed by atoms with Crippen molar-refractivity contribution >= 4 is 21.9 Å². The summed E-state index contributed by atoms with van der Waals surface area (Å²) >= 11 is 0. The Kier molecular flexibility index (Phi) is 9.32. The lowest BCUT2D eigenvalue weighted by atomic mass is 10.0. The summed E-state index contributed by atoms with van der Waals surface area (Å²) in [5, 5.41) is 12.3. The normalized spacial score (nSPS) is 14.4. The zero-order valence-electron chi connectivity index (χ0n) is 24.8. The van der Waals surface area contributed by atoms with Crippen LogP contribution in [0.2, 0.25) is 0 Å². The Bertz CT molecular complexity index is 1790. The van der Waals surface area contributed by atoms with Crippen molar-refractivity contribution in [3.8, 4) is 28.8 Å². The van der Waals surface area contributed by atoms with Gasteiger partial charge in [-0.25, -0.2) is 18.4 Å². The summed E-state index contributed by atoms with van der Waals surface area (Å²) in [6.45, 7) is 6.33. The van der Waals surface area contributed by atoms with Crippen LogP contribution in [-0.2, 0) is 16.4 Å². The van der Waals surface area contributed by atoms with E-state index >= 15 is 0 Å². The largest absolute Gasteiger partial charge is 0.438 e. The lowest BCUT2D eigenvalue weighted by molar-refractivity contribution is 0.211. The number of rotatable bonds is 9. The van der Waals surface area contributed by atoms with Crippen molar-refractivity contribution in [2.75, 3.05) is 24.7 Å². The third-order valence-corrected chi connectivity index (χ3v) is 8.63. The molecule has 9 nitrogen and oxygen atoms in total. The van der Waals surface area contributed by atoms with E-state index in [2.05, 4.69) is 20.2 Å². The number of piperidine rings is 1. The Balaban J connectivity index is 1.31. The summed E-state index contributed by atoms with van der Waals surface area (Å²) in [6.07, 6.45) is 9.21. The van der Waals surface area contributed by atoms with Crippen molar-refractivity contribution in [3.63, 3.8) is 0 Å². The molecule has 0 spiro atoms. The molecule has 1 aliphatic heterocycles. The number of aromatic nitrogens is 3. The van der Waals surface area contributed by atoms with E-state index in [1.807, 2.05) is 44.2 Å². The number of ether oxygens (including phenoxy) is 1. The Labute approximate surface area is 257 Å². The monoisotopic (exact) mass is 612 g/mol. The molecule has 44 heavy (non-hydrogen) atoms. The van der Waals surface area contributed by atoms with Crippen molar-refractivity contribution in [2.45, 2.75) is 44.2 Å². The number of halogens is 1. The zero-order chi connectivity index (χ0) is 31.3. The molecule has 0 amide bonds. The van der Waals surface area contributed by atoms with Crippen molar-refractivity contribution in [1.82, 2.24) is 19.9 Å². The van der Waals surface area contributed by atoms with Gasteiger partial charge in [-0.05, 0) is 91.4 Å². The summed E-state index contributed by atoms with van der Waals surface area (Å²) in [7, 11) is -3.21. The van der Waals surface area contributed by atoms with E-state index in [1.165, 1.54) is 24.6 Å². The second kappa shape index (κ2) is 13.3. The van der Waals surface area contributed by atoms with E-state index in [9.17, 15) is 12.8 Å².